The summed E-state index contributed by atoms with van der Waals surface area (Å²) in [5.41, 5.74) is 0. The maximum Gasteiger partial charge on any atom is 0.504 e. The van der Waals surface area contributed by atoms with E-state index in [0.29, 0.717) is 0 Å². The van der Waals surface area contributed by atoms with Crippen LogP contribution in [0.1, 0.15) is 0 Å². The van der Waals surface area contributed by atoms with Crippen molar-refractivity contribution < 1.29 is 29.0 Å². The molecule has 9 heteroatoms. The SMILES string of the molecule is O=P(O)(O)N[P+](O)(O)O. The monoisotopic (exact) mass is 178 g/mol. The minimum Gasteiger partial charge on any atom is -0.310 e. The highest BCUT2D eigenvalue weighted by Crippen LogP contribution is 2.50. The first-order chi connectivity index (χ1) is 3.71. The summed E-state index contributed by atoms with van der Waals surface area (Å²) in [6.45, 7) is 0. The van der Waals surface area contributed by atoms with Crippen LogP contribution in [0.3, 0.4) is 0 Å². The Bertz CT molecular complexity index is 128. The second kappa shape index (κ2) is 2.57. The van der Waals surface area contributed by atoms with Gasteiger partial charge in [-0.25, -0.2) is 4.57 Å². The first-order valence-electron chi connectivity index (χ1n) is 1.63. The van der Waals surface area contributed by atoms with Crippen LogP contribution in [0.15, 0.2) is 0 Å². The molecule has 0 aliphatic heterocycles. The van der Waals surface area contributed by atoms with E-state index < -0.39 is 15.8 Å². The molecule has 9 heavy (non-hydrogen) atoms. The summed E-state index contributed by atoms with van der Waals surface area (Å²) in [6, 6.07) is 0. The molecule has 0 aromatic heterocycles. The van der Waals surface area contributed by atoms with Gasteiger partial charge in [0, 0.05) is 0 Å². The second-order valence-corrected chi connectivity index (χ2v) is 4.24. The van der Waals surface area contributed by atoms with Crippen molar-refractivity contribution in [2.24, 2.45) is 0 Å². The molecule has 0 heterocycles. The smallest absolute Gasteiger partial charge is 0.310 e. The predicted molar refractivity (Wildman–Crippen MR) is 28.8 cm³/mol. The molecule has 0 saturated carbocycles. The number of hydrogen-bond donors (Lipinski definition) is 6. The predicted octanol–water partition coefficient (Wildman–Crippen LogP) is -1.68. The Morgan fingerprint density at radius 1 is 1.22 bits per heavy atom. The van der Waals surface area contributed by atoms with Crippen molar-refractivity contribution in [2.45, 2.75) is 0 Å². The molecule has 0 aliphatic carbocycles. The van der Waals surface area contributed by atoms with Crippen LogP contribution in [0.5, 0.6) is 0 Å². The number of rotatable bonds is 2. The van der Waals surface area contributed by atoms with Crippen molar-refractivity contribution in [2.75, 3.05) is 0 Å². The van der Waals surface area contributed by atoms with Gasteiger partial charge in [-0.1, -0.05) is 0 Å². The van der Waals surface area contributed by atoms with Crippen LogP contribution in [0.2, 0.25) is 0 Å². The standard InChI is InChI=1S/H5NO6P2/c2-8(3,4)1-9(5,6)7/h2-4H,(H2-,1,5,6,7)/p+1. The average molecular weight is 178 g/mol. The van der Waals surface area contributed by atoms with Gasteiger partial charge in [-0.2, -0.15) is 14.7 Å². The molecule has 0 fully saturated rings. The third kappa shape index (κ3) is 8.42. The first-order valence-corrected chi connectivity index (χ1v) is 4.89. The summed E-state index contributed by atoms with van der Waals surface area (Å²) < 4.78 is 9.78. The van der Waals surface area contributed by atoms with E-state index in [9.17, 15) is 4.57 Å². The van der Waals surface area contributed by atoms with Crippen molar-refractivity contribution in [3.8, 4) is 0 Å². The molecular weight excluding hydrogens is 172 g/mol. The highest BCUT2D eigenvalue weighted by molar-refractivity contribution is 7.69. The fourth-order valence-corrected chi connectivity index (χ4v) is 1.57. The highest BCUT2D eigenvalue weighted by atomic mass is 31.3. The van der Waals surface area contributed by atoms with Gasteiger partial charge in [0.15, 0.2) is 0 Å². The van der Waals surface area contributed by atoms with E-state index in [-0.39, 0.29) is 0 Å². The van der Waals surface area contributed by atoms with Gasteiger partial charge in [-0.15, -0.1) is 0 Å². The van der Waals surface area contributed by atoms with Crippen LogP contribution in [-0.2, 0) is 4.57 Å². The summed E-state index contributed by atoms with van der Waals surface area (Å²) >= 11 is 0. The Balaban J connectivity index is 3.90. The maximum atomic E-state index is 9.78. The number of hydrogen-bond acceptors (Lipinski definition) is 4. The summed E-state index contributed by atoms with van der Waals surface area (Å²) in [7, 11) is -9.29. The lowest BCUT2D eigenvalue weighted by molar-refractivity contribution is 0.308. The van der Waals surface area contributed by atoms with Gasteiger partial charge in [0.1, 0.15) is 0 Å². The normalized spacial score (nSPS) is 13.9. The van der Waals surface area contributed by atoms with Crippen molar-refractivity contribution in [1.29, 1.82) is 0 Å². The van der Waals surface area contributed by atoms with Gasteiger partial charge >= 0.3 is 15.8 Å². The molecule has 6 N–H and O–H groups in total. The van der Waals surface area contributed by atoms with Gasteiger partial charge in [0.25, 0.3) is 0 Å². The Hall–Kier alpha value is 0.420. The topological polar surface area (TPSA) is 130 Å². The third-order valence-corrected chi connectivity index (χ3v) is 2.38. The van der Waals surface area contributed by atoms with Crippen LogP contribution < -0.4 is 4.86 Å². The molecule has 0 rings (SSSR count). The Morgan fingerprint density at radius 3 is 1.56 bits per heavy atom. The second-order valence-electron chi connectivity index (χ2n) is 1.21. The van der Waals surface area contributed by atoms with Crippen molar-refractivity contribution in [3.63, 3.8) is 0 Å². The molecule has 0 aromatic rings. The van der Waals surface area contributed by atoms with Crippen LogP contribution >= 0.6 is 15.8 Å². The highest BCUT2D eigenvalue weighted by Gasteiger charge is 2.39. The van der Waals surface area contributed by atoms with Gasteiger partial charge < -0.3 is 9.79 Å². The van der Waals surface area contributed by atoms with E-state index in [1.807, 2.05) is 0 Å². The Morgan fingerprint density at radius 2 is 1.56 bits per heavy atom. The van der Waals surface area contributed by atoms with E-state index in [4.69, 9.17) is 24.5 Å². The molecule has 0 saturated heterocycles. The van der Waals surface area contributed by atoms with E-state index in [2.05, 4.69) is 0 Å². The van der Waals surface area contributed by atoms with Crippen molar-refractivity contribution >= 4 is 15.8 Å². The molecule has 56 valence electrons. The van der Waals surface area contributed by atoms with Gasteiger partial charge in [-0.3, -0.25) is 0 Å². The fourth-order valence-electron chi connectivity index (χ4n) is 0.175. The average Bonchev–Trinajstić information content (AvgIpc) is 1.14. The minimum atomic E-state index is -4.74. The lowest BCUT2D eigenvalue weighted by Gasteiger charge is -2.04. The largest absolute Gasteiger partial charge is 0.504 e. The van der Waals surface area contributed by atoms with Gasteiger partial charge in [0.2, 0.25) is 0 Å². The third-order valence-electron chi connectivity index (χ3n) is 0.264. The van der Waals surface area contributed by atoms with Gasteiger partial charge in [-0.05, 0) is 4.86 Å². The number of nitrogens with one attached hydrogen (secondary N) is 1. The van der Waals surface area contributed by atoms with Crippen molar-refractivity contribution in [3.05, 3.63) is 0 Å². The molecule has 0 spiro atoms. The first kappa shape index (κ1) is 9.42. The zero-order valence-electron chi connectivity index (χ0n) is 4.04. The lowest BCUT2D eigenvalue weighted by atomic mass is 13.9. The molecule has 7 nitrogen and oxygen atoms in total. The van der Waals surface area contributed by atoms with Crippen LogP contribution in [-0.4, -0.2) is 24.5 Å². The summed E-state index contributed by atoms with van der Waals surface area (Å²) in [6.07, 6.45) is 0. The molecule has 0 amide bonds. The minimum absolute atomic E-state index is 0.903. The Kier molecular flexibility index (Phi) is 2.69. The zero-order valence-corrected chi connectivity index (χ0v) is 5.83. The molecule has 0 aromatic carbocycles. The maximum absolute atomic E-state index is 9.78. The molecular formula is H6NO6P2+. The fraction of sp³-hybridized carbons (Fsp3) is 0. The van der Waals surface area contributed by atoms with E-state index in [1.54, 1.807) is 0 Å². The van der Waals surface area contributed by atoms with E-state index in [1.165, 1.54) is 0 Å². The lowest BCUT2D eigenvalue weighted by Crippen LogP contribution is -2.10. The quantitative estimate of drug-likeness (QED) is 0.278. The summed E-state index contributed by atoms with van der Waals surface area (Å²) in [4.78, 5) is 40.6. The summed E-state index contributed by atoms with van der Waals surface area (Å²) in [5.74, 6) is 0. The molecule has 0 radical (unpaired) electrons. The molecule has 0 atom stereocenters. The van der Waals surface area contributed by atoms with Crippen LogP contribution in [0, 0.1) is 0 Å². The van der Waals surface area contributed by atoms with Crippen molar-refractivity contribution in [1.82, 2.24) is 4.86 Å². The summed E-state index contributed by atoms with van der Waals surface area (Å²) in [5, 5.41) is 0. The van der Waals surface area contributed by atoms with E-state index in [0.717, 1.165) is 4.86 Å². The molecule has 0 bridgehead atoms. The Labute approximate surface area is 50.8 Å². The van der Waals surface area contributed by atoms with Crippen LogP contribution in [0.4, 0.5) is 0 Å². The van der Waals surface area contributed by atoms with Gasteiger partial charge in [0.05, 0.1) is 0 Å². The molecule has 0 aliphatic rings. The van der Waals surface area contributed by atoms with E-state index >= 15 is 0 Å². The zero-order chi connectivity index (χ0) is 7.71. The van der Waals surface area contributed by atoms with Crippen LogP contribution in [0.25, 0.3) is 0 Å². The molecule has 0 unspecified atom stereocenters.